The van der Waals surface area contributed by atoms with Crippen LogP contribution in [0.1, 0.15) is 22.1 Å². The number of ether oxygens (including phenoxy) is 1. The second-order valence-electron chi connectivity index (χ2n) is 4.07. The van der Waals surface area contributed by atoms with E-state index in [1.165, 1.54) is 4.90 Å². The quantitative estimate of drug-likeness (QED) is 0.846. The van der Waals surface area contributed by atoms with Crippen molar-refractivity contribution in [3.05, 3.63) is 46.2 Å². The van der Waals surface area contributed by atoms with Gasteiger partial charge in [0.2, 0.25) is 0 Å². The Hall–Kier alpha value is -1.53. The van der Waals surface area contributed by atoms with Crippen LogP contribution in [0.2, 0.25) is 0 Å². The summed E-state index contributed by atoms with van der Waals surface area (Å²) in [6.07, 6.45) is 0. The van der Waals surface area contributed by atoms with Gasteiger partial charge in [-0.05, 0) is 40.2 Å². The molecule has 2 aromatic rings. The number of carbonyl (C=O) groups excluding carboxylic acids is 1. The molecule has 1 amide bonds. The van der Waals surface area contributed by atoms with Gasteiger partial charge in [-0.15, -0.1) is 0 Å². The van der Waals surface area contributed by atoms with Gasteiger partial charge in [0.1, 0.15) is 18.1 Å². The summed E-state index contributed by atoms with van der Waals surface area (Å²) in [5, 5.41) is 0. The smallest absolute Gasteiger partial charge is 0.289 e. The predicted octanol–water partition coefficient (Wildman–Crippen LogP) is 3.05. The standard InChI is InChI=1S/C13H14BrNO4/c1-15(7-9-4-6-12(14)19-9)13(16)11-5-3-10(18-11)8-17-2/h3-6H,7-8H2,1-2H3. The molecule has 19 heavy (non-hydrogen) atoms. The van der Waals surface area contributed by atoms with E-state index in [9.17, 15) is 4.79 Å². The minimum atomic E-state index is -0.199. The number of rotatable bonds is 5. The minimum absolute atomic E-state index is 0.199. The van der Waals surface area contributed by atoms with Crippen LogP contribution in [0.15, 0.2) is 37.8 Å². The van der Waals surface area contributed by atoms with Gasteiger partial charge in [0.15, 0.2) is 10.4 Å². The maximum atomic E-state index is 12.1. The third-order valence-corrected chi connectivity index (χ3v) is 2.95. The first-order chi connectivity index (χ1) is 9.10. The molecule has 6 heteroatoms. The van der Waals surface area contributed by atoms with Gasteiger partial charge < -0.3 is 18.5 Å². The first kappa shape index (κ1) is 13.9. The molecule has 0 radical (unpaired) electrons. The normalized spacial score (nSPS) is 10.7. The number of nitrogens with zero attached hydrogens (tertiary/aromatic N) is 1. The number of furan rings is 2. The number of hydrogen-bond donors (Lipinski definition) is 0. The molecular formula is C13H14BrNO4. The maximum absolute atomic E-state index is 12.1. The fourth-order valence-corrected chi connectivity index (χ4v) is 1.98. The summed E-state index contributed by atoms with van der Waals surface area (Å²) in [4.78, 5) is 13.6. The largest absolute Gasteiger partial charge is 0.453 e. The van der Waals surface area contributed by atoms with Crippen LogP contribution < -0.4 is 0 Å². The van der Waals surface area contributed by atoms with E-state index in [4.69, 9.17) is 13.6 Å². The third-order valence-electron chi connectivity index (χ3n) is 2.53. The molecular weight excluding hydrogens is 314 g/mol. The number of hydrogen-bond acceptors (Lipinski definition) is 4. The summed E-state index contributed by atoms with van der Waals surface area (Å²) in [7, 11) is 3.27. The molecule has 0 aliphatic rings. The Morgan fingerprint density at radius 2 is 2.00 bits per heavy atom. The molecule has 0 aromatic carbocycles. The van der Waals surface area contributed by atoms with Crippen molar-refractivity contribution in [1.82, 2.24) is 4.90 Å². The highest BCUT2D eigenvalue weighted by Crippen LogP contribution is 2.17. The molecule has 5 nitrogen and oxygen atoms in total. The molecule has 0 atom stereocenters. The minimum Gasteiger partial charge on any atom is -0.453 e. The zero-order valence-electron chi connectivity index (χ0n) is 10.7. The average Bonchev–Trinajstić information content (AvgIpc) is 2.98. The Labute approximate surface area is 119 Å². The summed E-state index contributed by atoms with van der Waals surface area (Å²) < 4.78 is 16.3. The van der Waals surface area contributed by atoms with Crippen molar-refractivity contribution in [2.45, 2.75) is 13.2 Å². The predicted molar refractivity (Wildman–Crippen MR) is 71.6 cm³/mol. The van der Waals surface area contributed by atoms with E-state index < -0.39 is 0 Å². The van der Waals surface area contributed by atoms with Crippen LogP contribution in [0.25, 0.3) is 0 Å². The Kier molecular flexibility index (Phi) is 4.44. The molecule has 0 fully saturated rings. The molecule has 0 saturated heterocycles. The van der Waals surface area contributed by atoms with E-state index in [0.29, 0.717) is 35.1 Å². The van der Waals surface area contributed by atoms with Crippen LogP contribution in [0.4, 0.5) is 0 Å². The molecule has 2 rings (SSSR count). The summed E-state index contributed by atoms with van der Waals surface area (Å²) in [5.41, 5.74) is 0. The lowest BCUT2D eigenvalue weighted by Crippen LogP contribution is -2.25. The second-order valence-corrected chi connectivity index (χ2v) is 4.85. The highest BCUT2D eigenvalue weighted by molar-refractivity contribution is 9.10. The van der Waals surface area contributed by atoms with Crippen molar-refractivity contribution in [3.63, 3.8) is 0 Å². The van der Waals surface area contributed by atoms with Gasteiger partial charge >= 0.3 is 0 Å². The number of amides is 1. The van der Waals surface area contributed by atoms with Crippen LogP contribution >= 0.6 is 15.9 Å². The Balaban J connectivity index is 2.01. The average molecular weight is 328 g/mol. The zero-order chi connectivity index (χ0) is 13.8. The Morgan fingerprint density at radius 1 is 1.26 bits per heavy atom. The molecule has 0 aliphatic heterocycles. The SMILES string of the molecule is COCc1ccc(C(=O)N(C)Cc2ccc(Br)o2)o1. The van der Waals surface area contributed by atoms with Crippen molar-refractivity contribution in [3.8, 4) is 0 Å². The topological polar surface area (TPSA) is 55.8 Å². The molecule has 0 N–H and O–H groups in total. The fraction of sp³-hybridized carbons (Fsp3) is 0.308. The molecule has 0 aliphatic carbocycles. The van der Waals surface area contributed by atoms with E-state index in [1.807, 2.05) is 6.07 Å². The van der Waals surface area contributed by atoms with Gasteiger partial charge in [-0.25, -0.2) is 0 Å². The monoisotopic (exact) mass is 327 g/mol. The van der Waals surface area contributed by atoms with Crippen molar-refractivity contribution in [1.29, 1.82) is 0 Å². The van der Waals surface area contributed by atoms with Gasteiger partial charge in [-0.1, -0.05) is 0 Å². The molecule has 2 aromatic heterocycles. The molecule has 0 unspecified atom stereocenters. The molecule has 0 spiro atoms. The van der Waals surface area contributed by atoms with Crippen molar-refractivity contribution >= 4 is 21.8 Å². The van der Waals surface area contributed by atoms with Gasteiger partial charge in [0, 0.05) is 14.2 Å². The summed E-state index contributed by atoms with van der Waals surface area (Å²) in [5.74, 6) is 1.42. The molecule has 2 heterocycles. The van der Waals surface area contributed by atoms with E-state index in [0.717, 1.165) is 0 Å². The maximum Gasteiger partial charge on any atom is 0.289 e. The second kappa shape index (κ2) is 6.08. The first-order valence-corrected chi connectivity index (χ1v) is 6.47. The fourth-order valence-electron chi connectivity index (χ4n) is 1.64. The van der Waals surface area contributed by atoms with Crippen LogP contribution in [-0.2, 0) is 17.9 Å². The van der Waals surface area contributed by atoms with Crippen LogP contribution in [-0.4, -0.2) is 25.0 Å². The van der Waals surface area contributed by atoms with Crippen LogP contribution in [0.3, 0.4) is 0 Å². The zero-order valence-corrected chi connectivity index (χ0v) is 12.3. The highest BCUT2D eigenvalue weighted by atomic mass is 79.9. The van der Waals surface area contributed by atoms with E-state index in [-0.39, 0.29) is 5.91 Å². The number of methoxy groups -OCH3 is 1. The van der Waals surface area contributed by atoms with Crippen LogP contribution in [0, 0.1) is 0 Å². The van der Waals surface area contributed by atoms with Crippen molar-refractivity contribution in [2.24, 2.45) is 0 Å². The van der Waals surface area contributed by atoms with E-state index in [1.54, 1.807) is 32.4 Å². The summed E-state index contributed by atoms with van der Waals surface area (Å²) >= 11 is 3.22. The third kappa shape index (κ3) is 3.48. The van der Waals surface area contributed by atoms with E-state index in [2.05, 4.69) is 15.9 Å². The van der Waals surface area contributed by atoms with Gasteiger partial charge in [0.05, 0.1) is 6.54 Å². The van der Waals surface area contributed by atoms with E-state index >= 15 is 0 Å². The molecule has 0 bridgehead atoms. The Bertz CT molecular complexity index is 560. The Morgan fingerprint density at radius 3 is 2.63 bits per heavy atom. The number of carbonyl (C=O) groups is 1. The van der Waals surface area contributed by atoms with Crippen molar-refractivity contribution in [2.75, 3.05) is 14.2 Å². The lowest BCUT2D eigenvalue weighted by atomic mass is 10.3. The van der Waals surface area contributed by atoms with Gasteiger partial charge in [-0.2, -0.15) is 0 Å². The molecule has 102 valence electrons. The van der Waals surface area contributed by atoms with Crippen LogP contribution in [0.5, 0.6) is 0 Å². The summed E-state index contributed by atoms with van der Waals surface area (Å²) in [6.45, 7) is 0.729. The highest BCUT2D eigenvalue weighted by Gasteiger charge is 2.17. The first-order valence-electron chi connectivity index (χ1n) is 5.67. The van der Waals surface area contributed by atoms with Gasteiger partial charge in [0.25, 0.3) is 5.91 Å². The molecule has 0 saturated carbocycles. The summed E-state index contributed by atoms with van der Waals surface area (Å²) in [6, 6.07) is 6.98. The van der Waals surface area contributed by atoms with Gasteiger partial charge in [-0.3, -0.25) is 4.79 Å². The van der Waals surface area contributed by atoms with Crippen molar-refractivity contribution < 1.29 is 18.4 Å². The number of halogens is 1. The lowest BCUT2D eigenvalue weighted by Gasteiger charge is -2.13. The lowest BCUT2D eigenvalue weighted by molar-refractivity contribution is 0.0735.